The molecule has 0 N–H and O–H groups in total. The minimum Gasteiger partial charge on any atom is -0.437 e. The van der Waals surface area contributed by atoms with Gasteiger partial charge in [-0.2, -0.15) is 26.3 Å². The van der Waals surface area contributed by atoms with E-state index in [1.165, 1.54) is 10.9 Å². The van der Waals surface area contributed by atoms with Gasteiger partial charge in [-0.05, 0) is 12.1 Å². The Morgan fingerprint density at radius 2 is 1.50 bits per heavy atom. The van der Waals surface area contributed by atoms with Gasteiger partial charge in [0.25, 0.3) is 0 Å². The van der Waals surface area contributed by atoms with E-state index in [4.69, 9.17) is 4.74 Å². The molecule has 2 rings (SSSR count). The summed E-state index contributed by atoms with van der Waals surface area (Å²) in [6.07, 6.45) is -9.93. The highest BCUT2D eigenvalue weighted by atomic mass is 32.1. The monoisotopic (exact) mass is 313 g/mol. The zero-order valence-corrected chi connectivity index (χ0v) is 10.2. The van der Waals surface area contributed by atoms with E-state index in [-0.39, 0.29) is 5.88 Å². The van der Waals surface area contributed by atoms with Crippen molar-refractivity contribution in [3.8, 4) is 11.6 Å². The Morgan fingerprint density at radius 1 is 0.950 bits per heavy atom. The average Bonchev–Trinajstić information content (AvgIpc) is 2.79. The van der Waals surface area contributed by atoms with Crippen LogP contribution in [0.1, 0.15) is 11.1 Å². The first-order valence-electron chi connectivity index (χ1n) is 5.03. The van der Waals surface area contributed by atoms with E-state index in [9.17, 15) is 26.3 Å². The Hall–Kier alpha value is -1.77. The Bertz CT molecular complexity index is 558. The van der Waals surface area contributed by atoms with E-state index in [0.29, 0.717) is 18.2 Å². The van der Waals surface area contributed by atoms with Gasteiger partial charge >= 0.3 is 12.4 Å². The Kier molecular flexibility index (Phi) is 3.63. The van der Waals surface area contributed by atoms with Crippen molar-refractivity contribution < 1.29 is 31.1 Å². The minimum atomic E-state index is -4.97. The highest BCUT2D eigenvalue weighted by Crippen LogP contribution is 2.45. The molecular formula is C11H5F6NOS. The molecular weight excluding hydrogens is 308 g/mol. The van der Waals surface area contributed by atoms with E-state index in [2.05, 4.69) is 4.98 Å². The molecule has 0 unspecified atom stereocenters. The first-order chi connectivity index (χ1) is 9.19. The van der Waals surface area contributed by atoms with Crippen molar-refractivity contribution in [2.45, 2.75) is 12.4 Å². The minimum absolute atomic E-state index is 0.322. The predicted molar refractivity (Wildman–Crippen MR) is 58.6 cm³/mol. The molecule has 0 amide bonds. The summed E-state index contributed by atoms with van der Waals surface area (Å²) in [5, 5.41) is 1.20. The molecule has 1 aromatic carbocycles. The van der Waals surface area contributed by atoms with Crippen LogP contribution < -0.4 is 4.74 Å². The molecule has 20 heavy (non-hydrogen) atoms. The van der Waals surface area contributed by atoms with Crippen LogP contribution in [0.5, 0.6) is 11.6 Å². The van der Waals surface area contributed by atoms with Gasteiger partial charge < -0.3 is 4.74 Å². The van der Waals surface area contributed by atoms with Crippen molar-refractivity contribution in [1.82, 2.24) is 4.98 Å². The van der Waals surface area contributed by atoms with E-state index in [1.807, 2.05) is 0 Å². The molecule has 1 heterocycles. The van der Waals surface area contributed by atoms with Crippen molar-refractivity contribution in [3.63, 3.8) is 0 Å². The van der Waals surface area contributed by atoms with Crippen LogP contribution in [0.2, 0.25) is 0 Å². The average molecular weight is 313 g/mol. The third-order valence-corrected chi connectivity index (χ3v) is 2.81. The first-order valence-corrected chi connectivity index (χ1v) is 5.97. The molecule has 0 aliphatic carbocycles. The zero-order chi connectivity index (χ0) is 15.0. The van der Waals surface area contributed by atoms with Crippen molar-refractivity contribution in [3.05, 3.63) is 40.2 Å². The highest BCUT2D eigenvalue weighted by Gasteiger charge is 2.42. The topological polar surface area (TPSA) is 22.1 Å². The molecule has 0 fully saturated rings. The van der Waals surface area contributed by atoms with Crippen LogP contribution >= 0.6 is 11.3 Å². The quantitative estimate of drug-likeness (QED) is 0.730. The summed E-state index contributed by atoms with van der Waals surface area (Å²) in [6, 6.07) is 1.73. The molecule has 108 valence electrons. The van der Waals surface area contributed by atoms with E-state index in [0.717, 1.165) is 11.3 Å². The number of hydrogen-bond acceptors (Lipinski definition) is 3. The van der Waals surface area contributed by atoms with Crippen LogP contribution in [0.15, 0.2) is 29.1 Å². The summed E-state index contributed by atoms with van der Waals surface area (Å²) in [5.74, 6) is -1.62. The van der Waals surface area contributed by atoms with Crippen LogP contribution in [0.4, 0.5) is 26.3 Å². The van der Waals surface area contributed by atoms with Crippen LogP contribution in [0.3, 0.4) is 0 Å². The number of ether oxygens (including phenoxy) is 1. The maximum atomic E-state index is 12.8. The van der Waals surface area contributed by atoms with E-state index in [1.54, 1.807) is 0 Å². The molecule has 1 aromatic heterocycles. The van der Waals surface area contributed by atoms with Gasteiger partial charge in [0.15, 0.2) is 5.75 Å². The van der Waals surface area contributed by atoms with Gasteiger partial charge in [0, 0.05) is 0 Å². The molecule has 2 nitrogen and oxygen atoms in total. The fourth-order valence-electron chi connectivity index (χ4n) is 1.45. The number of alkyl halides is 6. The largest absolute Gasteiger partial charge is 0.437 e. The lowest BCUT2D eigenvalue weighted by Gasteiger charge is -2.17. The van der Waals surface area contributed by atoms with Crippen molar-refractivity contribution in [2.75, 3.05) is 0 Å². The van der Waals surface area contributed by atoms with Crippen molar-refractivity contribution in [2.24, 2.45) is 0 Å². The van der Waals surface area contributed by atoms with Gasteiger partial charge in [-0.3, -0.25) is 0 Å². The summed E-state index contributed by atoms with van der Waals surface area (Å²) in [6.45, 7) is 0. The highest BCUT2D eigenvalue weighted by molar-refractivity contribution is 7.07. The summed E-state index contributed by atoms with van der Waals surface area (Å²) < 4.78 is 81.4. The number of benzene rings is 1. The Labute approximate surface area is 112 Å². The normalized spacial score (nSPS) is 12.5. The van der Waals surface area contributed by atoms with Gasteiger partial charge in [-0.1, -0.05) is 6.07 Å². The molecule has 0 atom stereocenters. The lowest BCUT2D eigenvalue weighted by atomic mass is 10.1. The fraction of sp³-hybridized carbons (Fsp3) is 0.182. The molecule has 2 aromatic rings. The summed E-state index contributed by atoms with van der Waals surface area (Å²) in [5.41, 5.74) is -1.76. The van der Waals surface area contributed by atoms with Gasteiger partial charge in [0.2, 0.25) is 5.88 Å². The van der Waals surface area contributed by atoms with Gasteiger partial charge in [-0.15, -0.1) is 11.3 Å². The SMILES string of the molecule is FC(F)(F)c1cccc(C(F)(F)F)c1Oc1cscn1. The third kappa shape index (κ3) is 3.03. The maximum absolute atomic E-state index is 12.8. The van der Waals surface area contributed by atoms with Crippen molar-refractivity contribution >= 4 is 11.3 Å². The van der Waals surface area contributed by atoms with Crippen LogP contribution in [-0.2, 0) is 12.4 Å². The molecule has 0 bridgehead atoms. The number of para-hydroxylation sites is 1. The molecule has 0 radical (unpaired) electrons. The number of nitrogens with zero attached hydrogens (tertiary/aromatic N) is 1. The number of halogens is 6. The second-order valence-electron chi connectivity index (χ2n) is 3.61. The molecule has 9 heteroatoms. The second kappa shape index (κ2) is 4.97. The molecule has 0 aliphatic rings. The summed E-state index contributed by atoms with van der Waals surface area (Å²) in [4.78, 5) is 3.52. The first kappa shape index (κ1) is 14.6. The van der Waals surface area contributed by atoms with Crippen LogP contribution in [0.25, 0.3) is 0 Å². The molecule has 0 spiro atoms. The van der Waals surface area contributed by atoms with Gasteiger partial charge in [0.05, 0.1) is 22.0 Å². The third-order valence-electron chi connectivity index (χ3n) is 2.24. The lowest BCUT2D eigenvalue weighted by molar-refractivity contribution is -0.145. The lowest BCUT2D eigenvalue weighted by Crippen LogP contribution is -2.13. The van der Waals surface area contributed by atoms with Crippen LogP contribution in [0, 0.1) is 0 Å². The molecule has 0 saturated carbocycles. The smallest absolute Gasteiger partial charge is 0.420 e. The Morgan fingerprint density at radius 3 is 1.90 bits per heavy atom. The standard InChI is InChI=1S/C11H5F6NOS/c12-10(13,14)6-2-1-3-7(11(15,16)17)9(6)19-8-4-20-5-18-8/h1-5H. The maximum Gasteiger partial charge on any atom is 0.420 e. The van der Waals surface area contributed by atoms with E-state index >= 15 is 0 Å². The number of hydrogen-bond donors (Lipinski definition) is 0. The fourth-order valence-corrected chi connectivity index (χ4v) is 1.90. The Balaban J connectivity index is 2.59. The zero-order valence-electron chi connectivity index (χ0n) is 9.42. The number of thiazole rings is 1. The van der Waals surface area contributed by atoms with Gasteiger partial charge in [-0.25, -0.2) is 4.98 Å². The van der Waals surface area contributed by atoms with Crippen LogP contribution in [-0.4, -0.2) is 4.98 Å². The predicted octanol–water partition coefficient (Wildman–Crippen LogP) is 4.97. The van der Waals surface area contributed by atoms with E-state index < -0.39 is 29.2 Å². The van der Waals surface area contributed by atoms with Crippen molar-refractivity contribution in [1.29, 1.82) is 0 Å². The summed E-state index contributed by atoms with van der Waals surface area (Å²) in [7, 11) is 0. The number of rotatable bonds is 2. The second-order valence-corrected chi connectivity index (χ2v) is 4.33. The molecule has 0 aliphatic heterocycles. The summed E-state index contributed by atoms with van der Waals surface area (Å²) >= 11 is 0.987. The molecule has 0 saturated heterocycles. The number of aromatic nitrogens is 1. The van der Waals surface area contributed by atoms with Gasteiger partial charge in [0.1, 0.15) is 0 Å².